The topological polar surface area (TPSA) is 82.1 Å². The molecule has 0 aromatic heterocycles. The Morgan fingerprint density at radius 3 is 2.02 bits per heavy atom. The molecule has 1 fully saturated rings. The van der Waals surface area contributed by atoms with E-state index in [1.165, 1.54) is 49.9 Å². The molecule has 2 aromatic carbocycles. The van der Waals surface area contributed by atoms with E-state index in [9.17, 15) is 27.9 Å². The van der Waals surface area contributed by atoms with Gasteiger partial charge in [0.15, 0.2) is 6.10 Å². The number of cyclic esters (lactones) is 1. The Kier molecular flexibility index (Phi) is 12.2. The molecular weight excluding hydrogens is 561 g/mol. The summed E-state index contributed by atoms with van der Waals surface area (Å²) in [5.74, 6) is -2.41. The highest BCUT2D eigenvalue weighted by molar-refractivity contribution is 5.84. The van der Waals surface area contributed by atoms with Gasteiger partial charge < -0.3 is 19.3 Å². The molecule has 0 aliphatic carbocycles. The molecule has 9 heteroatoms. The Morgan fingerprint density at radius 1 is 0.930 bits per heavy atom. The summed E-state index contributed by atoms with van der Waals surface area (Å²) in [6.07, 6.45) is 3.08. The third-order valence-electron chi connectivity index (χ3n) is 8.31. The van der Waals surface area contributed by atoms with Gasteiger partial charge in [0, 0.05) is 19.1 Å². The van der Waals surface area contributed by atoms with Crippen LogP contribution in [0.4, 0.5) is 13.2 Å². The van der Waals surface area contributed by atoms with Crippen LogP contribution in [0.3, 0.4) is 0 Å². The van der Waals surface area contributed by atoms with Gasteiger partial charge in [0.05, 0.1) is 12.0 Å². The zero-order valence-corrected chi connectivity index (χ0v) is 25.5. The highest BCUT2D eigenvalue weighted by atomic mass is 19.4. The number of aliphatic hydroxyl groups is 1. The van der Waals surface area contributed by atoms with Crippen LogP contribution in [0.1, 0.15) is 95.6 Å². The predicted molar refractivity (Wildman–Crippen MR) is 157 cm³/mol. The highest BCUT2D eigenvalue weighted by Gasteiger charge is 2.65. The lowest BCUT2D eigenvalue weighted by Gasteiger charge is -2.38. The second-order valence-electron chi connectivity index (χ2n) is 12.1. The number of esters is 2. The number of hydrogen-bond acceptors (Lipinski definition) is 6. The van der Waals surface area contributed by atoms with Gasteiger partial charge >= 0.3 is 18.1 Å². The van der Waals surface area contributed by atoms with Crippen molar-refractivity contribution in [2.24, 2.45) is 0 Å². The van der Waals surface area contributed by atoms with Crippen molar-refractivity contribution >= 4 is 11.9 Å². The van der Waals surface area contributed by atoms with E-state index >= 15 is 0 Å². The van der Waals surface area contributed by atoms with E-state index in [4.69, 9.17) is 14.2 Å². The number of ether oxygens (including phenoxy) is 3. The van der Waals surface area contributed by atoms with Gasteiger partial charge in [-0.3, -0.25) is 4.79 Å². The molecule has 2 aromatic rings. The van der Waals surface area contributed by atoms with Gasteiger partial charge in [0.25, 0.3) is 5.60 Å². The second-order valence-corrected chi connectivity index (χ2v) is 12.1. The monoisotopic (exact) mass is 606 g/mol. The molecule has 0 bridgehead atoms. The molecule has 1 aliphatic rings. The normalized spacial score (nSPS) is 21.6. The molecular formula is C34H45F3O6. The summed E-state index contributed by atoms with van der Waals surface area (Å²) in [4.78, 5) is 25.5. The maximum absolute atomic E-state index is 14.3. The molecule has 4 atom stereocenters. The van der Waals surface area contributed by atoms with Crippen LogP contribution in [-0.2, 0) is 35.8 Å². The molecule has 238 valence electrons. The lowest BCUT2D eigenvalue weighted by Crippen LogP contribution is -2.54. The fourth-order valence-corrected chi connectivity index (χ4v) is 6.04. The number of carbonyl (C=O) groups excluding carboxylic acids is 2. The molecule has 0 unspecified atom stereocenters. The van der Waals surface area contributed by atoms with Crippen molar-refractivity contribution in [2.75, 3.05) is 7.11 Å². The number of halogens is 3. The molecule has 43 heavy (non-hydrogen) atoms. The Morgan fingerprint density at radius 2 is 1.47 bits per heavy atom. The van der Waals surface area contributed by atoms with Crippen molar-refractivity contribution in [3.63, 3.8) is 0 Å². The standard InChI is InChI=1S/C34H45F3O6/c1-31(40,23-17-9-7-5-4-6-8-12-18-26-19-13-10-14-20-26)25-32(2)28(24-29(38)43-32)42-30(39)33(41-3,34(35,36)37)27-21-15-11-16-22-27/h10-11,13-16,19-22,28,40H,4-9,12,17-18,23-25H2,1-3H3/t28-,31-,32-,33-/m1/s1. The van der Waals surface area contributed by atoms with Gasteiger partial charge in [0.1, 0.15) is 5.60 Å². The summed E-state index contributed by atoms with van der Waals surface area (Å²) >= 11 is 0. The number of unbranched alkanes of at least 4 members (excludes halogenated alkanes) is 7. The van der Waals surface area contributed by atoms with E-state index in [1.807, 2.05) is 6.07 Å². The Balaban J connectivity index is 1.48. The maximum atomic E-state index is 14.3. The maximum Gasteiger partial charge on any atom is 0.432 e. The van der Waals surface area contributed by atoms with Gasteiger partial charge in [-0.05, 0) is 38.7 Å². The van der Waals surface area contributed by atoms with Gasteiger partial charge in [0.2, 0.25) is 0 Å². The fourth-order valence-electron chi connectivity index (χ4n) is 6.04. The van der Waals surface area contributed by atoms with Crippen LogP contribution in [0.25, 0.3) is 0 Å². The largest absolute Gasteiger partial charge is 0.455 e. The first kappa shape index (κ1) is 34.6. The first-order valence-electron chi connectivity index (χ1n) is 15.2. The lowest BCUT2D eigenvalue weighted by molar-refractivity contribution is -0.280. The minimum atomic E-state index is -5.15. The van der Waals surface area contributed by atoms with E-state index in [-0.39, 0.29) is 6.42 Å². The zero-order valence-electron chi connectivity index (χ0n) is 25.5. The summed E-state index contributed by atoms with van der Waals surface area (Å²) in [5, 5.41) is 11.1. The number of carbonyl (C=O) groups is 2. The quantitative estimate of drug-likeness (QED) is 0.148. The number of hydrogen-bond donors (Lipinski definition) is 1. The molecule has 1 saturated heterocycles. The van der Waals surface area contributed by atoms with Crippen molar-refractivity contribution in [1.82, 2.24) is 0 Å². The van der Waals surface area contributed by atoms with Crippen molar-refractivity contribution < 1.29 is 42.1 Å². The fraction of sp³-hybridized carbons (Fsp3) is 0.588. The summed E-state index contributed by atoms with van der Waals surface area (Å²) in [5.41, 5.74) is -5.25. The van der Waals surface area contributed by atoms with Crippen LogP contribution in [-0.4, -0.2) is 47.6 Å². The van der Waals surface area contributed by atoms with Crippen molar-refractivity contribution in [2.45, 2.75) is 120 Å². The Hall–Kier alpha value is -2.91. The van der Waals surface area contributed by atoms with Crippen LogP contribution in [0.5, 0.6) is 0 Å². The van der Waals surface area contributed by atoms with Gasteiger partial charge in [-0.25, -0.2) is 4.79 Å². The Bertz CT molecular complexity index is 1150. The molecule has 1 heterocycles. The number of rotatable bonds is 17. The minimum Gasteiger partial charge on any atom is -0.455 e. The smallest absolute Gasteiger partial charge is 0.432 e. The van der Waals surface area contributed by atoms with Gasteiger partial charge in [-0.2, -0.15) is 13.2 Å². The summed E-state index contributed by atoms with van der Waals surface area (Å²) in [6.45, 7) is 3.09. The van der Waals surface area contributed by atoms with Crippen LogP contribution >= 0.6 is 0 Å². The van der Waals surface area contributed by atoms with E-state index in [2.05, 4.69) is 24.3 Å². The molecule has 0 radical (unpaired) electrons. The Labute approximate surface area is 252 Å². The van der Waals surface area contributed by atoms with Crippen LogP contribution in [0.15, 0.2) is 60.7 Å². The van der Waals surface area contributed by atoms with Crippen LogP contribution in [0, 0.1) is 0 Å². The van der Waals surface area contributed by atoms with Crippen LogP contribution < -0.4 is 0 Å². The van der Waals surface area contributed by atoms with Gasteiger partial charge in [-0.1, -0.05) is 106 Å². The highest BCUT2D eigenvalue weighted by Crippen LogP contribution is 2.45. The van der Waals surface area contributed by atoms with Gasteiger partial charge in [-0.15, -0.1) is 0 Å². The third kappa shape index (κ3) is 9.29. The van der Waals surface area contributed by atoms with Crippen LogP contribution in [0.2, 0.25) is 0 Å². The molecule has 3 rings (SSSR count). The minimum absolute atomic E-state index is 0.0948. The second kappa shape index (κ2) is 15.2. The predicted octanol–water partition coefficient (Wildman–Crippen LogP) is 7.60. The van der Waals surface area contributed by atoms with E-state index in [0.717, 1.165) is 57.8 Å². The zero-order chi connectivity index (χ0) is 31.6. The average Bonchev–Trinajstić information content (AvgIpc) is 3.21. The van der Waals surface area contributed by atoms with E-state index < -0.39 is 53.0 Å². The molecule has 1 N–H and O–H groups in total. The molecule has 0 saturated carbocycles. The summed E-state index contributed by atoms with van der Waals surface area (Å²) in [6, 6.07) is 17.0. The number of aryl methyl sites for hydroxylation is 1. The van der Waals surface area contributed by atoms with E-state index in [0.29, 0.717) is 6.42 Å². The first-order valence-corrected chi connectivity index (χ1v) is 15.2. The number of alkyl halides is 3. The molecule has 0 spiro atoms. The number of benzene rings is 2. The summed E-state index contributed by atoms with van der Waals surface area (Å²) in [7, 11) is 0.786. The summed E-state index contributed by atoms with van der Waals surface area (Å²) < 4.78 is 58.6. The van der Waals surface area contributed by atoms with Crippen molar-refractivity contribution in [3.8, 4) is 0 Å². The third-order valence-corrected chi connectivity index (χ3v) is 8.31. The average molecular weight is 607 g/mol. The lowest BCUT2D eigenvalue weighted by atomic mass is 9.82. The number of methoxy groups -OCH3 is 1. The van der Waals surface area contributed by atoms with Crippen molar-refractivity contribution in [3.05, 3.63) is 71.8 Å². The molecule has 0 amide bonds. The van der Waals surface area contributed by atoms with Crippen molar-refractivity contribution in [1.29, 1.82) is 0 Å². The SMILES string of the molecule is CO[C@@](C(=O)O[C@@H]1CC(=O)O[C@]1(C)C[C@](C)(O)CCCCCCCCCCc1ccccc1)(c1ccccc1)C(F)(F)F. The molecule has 6 nitrogen and oxygen atoms in total. The molecule has 1 aliphatic heterocycles. The first-order chi connectivity index (χ1) is 20.3. The van der Waals surface area contributed by atoms with E-state index in [1.54, 1.807) is 6.92 Å².